The van der Waals surface area contributed by atoms with Crippen molar-refractivity contribution in [3.63, 3.8) is 0 Å². The van der Waals surface area contributed by atoms with E-state index in [1.54, 1.807) is 0 Å². The molecule has 1 fully saturated rings. The van der Waals surface area contributed by atoms with Crippen molar-refractivity contribution in [3.8, 4) is 5.75 Å². The van der Waals surface area contributed by atoms with Gasteiger partial charge in [0.1, 0.15) is 15.1 Å². The quantitative estimate of drug-likeness (QED) is 0.620. The Hall–Kier alpha value is -0.910. The first kappa shape index (κ1) is 13.5. The molecule has 18 heavy (non-hydrogen) atoms. The third-order valence-electron chi connectivity index (χ3n) is 2.48. The summed E-state index contributed by atoms with van der Waals surface area (Å²) in [6.07, 6.45) is 2.05. The molecule has 2 rings (SSSR count). The monoisotopic (exact) mass is 295 g/mol. The first-order valence-corrected chi connectivity index (χ1v) is 7.19. The fourth-order valence-corrected chi connectivity index (χ4v) is 3.11. The van der Waals surface area contributed by atoms with Crippen molar-refractivity contribution in [3.05, 3.63) is 34.7 Å². The Labute approximate surface area is 122 Å². The molecule has 2 nitrogen and oxygen atoms in total. The van der Waals surface area contributed by atoms with E-state index in [1.807, 2.05) is 43.1 Å². The second-order valence-corrected chi connectivity index (χ2v) is 5.81. The van der Waals surface area contributed by atoms with Crippen molar-refractivity contribution in [1.29, 1.82) is 0 Å². The Balaban J connectivity index is 2.18. The number of rotatable bonds is 3. The van der Waals surface area contributed by atoms with Gasteiger partial charge >= 0.3 is 0 Å². The van der Waals surface area contributed by atoms with Crippen LogP contribution < -0.4 is 4.74 Å². The zero-order chi connectivity index (χ0) is 13.1. The highest BCUT2D eigenvalue weighted by atomic mass is 32.2. The SMILES string of the molecule is CCOc1ccc(C=C2SC(=S)N(C)C2=S)cc1. The van der Waals surface area contributed by atoms with Gasteiger partial charge in [0.05, 0.1) is 11.5 Å². The molecule has 1 saturated heterocycles. The molecule has 94 valence electrons. The minimum atomic E-state index is 0.680. The summed E-state index contributed by atoms with van der Waals surface area (Å²) in [5.74, 6) is 0.883. The highest BCUT2D eigenvalue weighted by molar-refractivity contribution is 8.27. The molecule has 0 radical (unpaired) electrons. The van der Waals surface area contributed by atoms with Gasteiger partial charge in [-0.05, 0) is 30.7 Å². The molecule has 0 atom stereocenters. The normalized spacial score (nSPS) is 17.7. The van der Waals surface area contributed by atoms with Crippen molar-refractivity contribution in [2.45, 2.75) is 6.92 Å². The van der Waals surface area contributed by atoms with Crippen LogP contribution in [0, 0.1) is 0 Å². The van der Waals surface area contributed by atoms with E-state index in [0.29, 0.717) is 6.61 Å². The molecule has 1 heterocycles. The van der Waals surface area contributed by atoms with Gasteiger partial charge in [-0.2, -0.15) is 0 Å². The lowest BCUT2D eigenvalue weighted by molar-refractivity contribution is 0.340. The summed E-state index contributed by atoms with van der Waals surface area (Å²) in [4.78, 5) is 3.68. The Morgan fingerprint density at radius 3 is 2.44 bits per heavy atom. The number of ether oxygens (including phenoxy) is 1. The molecular formula is C13H13NOS3. The first-order chi connectivity index (χ1) is 8.61. The summed E-state index contributed by atoms with van der Waals surface area (Å²) < 4.78 is 6.21. The highest BCUT2D eigenvalue weighted by Gasteiger charge is 2.24. The molecule has 0 unspecified atom stereocenters. The fourth-order valence-electron chi connectivity index (χ4n) is 1.52. The largest absolute Gasteiger partial charge is 0.494 e. The predicted molar refractivity (Wildman–Crippen MR) is 86.1 cm³/mol. The van der Waals surface area contributed by atoms with Crippen LogP contribution in [0.4, 0.5) is 0 Å². The summed E-state index contributed by atoms with van der Waals surface area (Å²) in [5, 5.41) is 0. The van der Waals surface area contributed by atoms with Crippen molar-refractivity contribution in [2.24, 2.45) is 0 Å². The smallest absolute Gasteiger partial charge is 0.146 e. The zero-order valence-corrected chi connectivity index (χ0v) is 12.6. The van der Waals surface area contributed by atoms with Gasteiger partial charge in [0, 0.05) is 7.05 Å². The van der Waals surface area contributed by atoms with E-state index < -0.39 is 0 Å². The van der Waals surface area contributed by atoms with Crippen molar-refractivity contribution < 1.29 is 4.74 Å². The molecule has 0 bridgehead atoms. The Bertz CT molecular complexity index is 507. The maximum Gasteiger partial charge on any atom is 0.146 e. The van der Waals surface area contributed by atoms with E-state index >= 15 is 0 Å². The number of benzene rings is 1. The number of thioether (sulfide) groups is 1. The van der Waals surface area contributed by atoms with Crippen LogP contribution >= 0.6 is 36.2 Å². The summed E-state index contributed by atoms with van der Waals surface area (Å²) in [5.41, 5.74) is 1.10. The third-order valence-corrected chi connectivity index (χ3v) is 4.60. The Morgan fingerprint density at radius 2 is 1.94 bits per heavy atom. The van der Waals surface area contributed by atoms with E-state index in [9.17, 15) is 0 Å². The third kappa shape index (κ3) is 2.91. The number of hydrogen-bond acceptors (Lipinski definition) is 4. The standard InChI is InChI=1S/C13H13NOS3/c1-3-15-10-6-4-9(5-7-10)8-11-12(16)14(2)13(17)18-11/h4-8H,3H2,1-2H3. The lowest BCUT2D eigenvalue weighted by Crippen LogP contribution is -2.20. The van der Waals surface area contributed by atoms with Crippen LogP contribution in [0.25, 0.3) is 6.08 Å². The summed E-state index contributed by atoms with van der Waals surface area (Å²) >= 11 is 12.1. The maximum absolute atomic E-state index is 5.41. The topological polar surface area (TPSA) is 12.5 Å². The van der Waals surface area contributed by atoms with Gasteiger partial charge in [0.25, 0.3) is 0 Å². The highest BCUT2D eigenvalue weighted by Crippen LogP contribution is 2.32. The minimum absolute atomic E-state index is 0.680. The van der Waals surface area contributed by atoms with Gasteiger partial charge in [-0.25, -0.2) is 0 Å². The van der Waals surface area contributed by atoms with Gasteiger partial charge in [0.2, 0.25) is 0 Å². The second kappa shape index (κ2) is 5.82. The van der Waals surface area contributed by atoms with Crippen LogP contribution in [0.3, 0.4) is 0 Å². The second-order valence-electron chi connectivity index (χ2n) is 3.74. The molecule has 0 amide bonds. The van der Waals surface area contributed by atoms with E-state index in [0.717, 1.165) is 25.5 Å². The summed E-state index contributed by atoms with van der Waals surface area (Å²) in [7, 11) is 1.90. The number of hydrogen-bond donors (Lipinski definition) is 0. The van der Waals surface area contributed by atoms with Crippen LogP contribution in [-0.2, 0) is 0 Å². The van der Waals surface area contributed by atoms with Gasteiger partial charge in [0.15, 0.2) is 0 Å². The molecule has 0 aromatic heterocycles. The maximum atomic E-state index is 5.41. The van der Waals surface area contributed by atoms with Gasteiger partial charge in [-0.3, -0.25) is 0 Å². The van der Waals surface area contributed by atoms with Crippen LogP contribution in [0.1, 0.15) is 12.5 Å². The van der Waals surface area contributed by atoms with Crippen LogP contribution in [0.2, 0.25) is 0 Å². The molecule has 0 saturated carbocycles. The molecule has 0 spiro atoms. The fraction of sp³-hybridized carbons (Fsp3) is 0.231. The van der Waals surface area contributed by atoms with Gasteiger partial charge < -0.3 is 9.64 Å². The van der Waals surface area contributed by atoms with E-state index in [2.05, 4.69) is 6.08 Å². The lowest BCUT2D eigenvalue weighted by Gasteiger charge is -2.07. The molecule has 5 heteroatoms. The Morgan fingerprint density at radius 1 is 1.28 bits per heavy atom. The predicted octanol–water partition coefficient (Wildman–Crippen LogP) is 3.72. The molecule has 0 aliphatic carbocycles. The summed E-state index contributed by atoms with van der Waals surface area (Å²) in [6.45, 7) is 2.65. The number of thiocarbonyl (C=S) groups is 2. The summed E-state index contributed by atoms with van der Waals surface area (Å²) in [6, 6.07) is 7.95. The van der Waals surface area contributed by atoms with E-state index in [-0.39, 0.29) is 0 Å². The molecular weight excluding hydrogens is 282 g/mol. The first-order valence-electron chi connectivity index (χ1n) is 5.56. The molecule has 1 aromatic carbocycles. The number of likely N-dealkylation sites (N-methyl/N-ethyl adjacent to an activating group) is 1. The van der Waals surface area contributed by atoms with Crippen molar-refractivity contribution in [1.82, 2.24) is 4.90 Å². The Kier molecular flexibility index (Phi) is 4.37. The molecule has 1 aliphatic heterocycles. The zero-order valence-electron chi connectivity index (χ0n) is 10.2. The van der Waals surface area contributed by atoms with Crippen LogP contribution in [0.5, 0.6) is 5.75 Å². The average Bonchev–Trinajstić information content (AvgIpc) is 2.60. The van der Waals surface area contributed by atoms with Crippen molar-refractivity contribution >= 4 is 51.6 Å². The van der Waals surface area contributed by atoms with Gasteiger partial charge in [-0.15, -0.1) is 0 Å². The number of nitrogens with zero attached hydrogens (tertiary/aromatic N) is 1. The molecule has 1 aromatic rings. The van der Waals surface area contributed by atoms with Gasteiger partial charge in [-0.1, -0.05) is 48.3 Å². The van der Waals surface area contributed by atoms with Crippen LogP contribution in [0.15, 0.2) is 29.2 Å². The lowest BCUT2D eigenvalue weighted by atomic mass is 10.2. The minimum Gasteiger partial charge on any atom is -0.494 e. The molecule has 0 N–H and O–H groups in total. The van der Waals surface area contributed by atoms with E-state index in [4.69, 9.17) is 29.2 Å². The average molecular weight is 295 g/mol. The van der Waals surface area contributed by atoms with Crippen molar-refractivity contribution in [2.75, 3.05) is 13.7 Å². The molecule has 1 aliphatic rings. The van der Waals surface area contributed by atoms with E-state index in [1.165, 1.54) is 11.8 Å². The van der Waals surface area contributed by atoms with Crippen LogP contribution in [-0.4, -0.2) is 27.9 Å².